The molecule has 0 spiro atoms. The summed E-state index contributed by atoms with van der Waals surface area (Å²) in [4.78, 5) is 18.5. The zero-order valence-electron chi connectivity index (χ0n) is 27.8. The van der Waals surface area contributed by atoms with Crippen LogP contribution < -0.4 is 26.4 Å². The SMILES string of the molecule is Fc1c(F)c(F)c([B-](c2c(F)c(F)c(F)c(F)c2F)(c2c(F)c(F)c(F)c(F)c2F)c2c(F)c(F)c(F)c(F)c2F)c(F)c1F.O=[N+]([O-])C(=CC[n+]1ccccc1)[N+](=O)[O-]. The molecule has 0 radical (unpaired) electrons. The standard InChI is InChI=1S/C24BF20.C8H8N3O4/c26-5-1(6(27)14(35)21(42)13(5)34)25(2-7(28)15(36)22(43)16(37)8(2)29,3-9(30)17(38)23(44)18(39)10(3)31)4-11(32)19(40)24(45)20(41)12(4)33;12-10(13)8(11(14)15)4-7-9-5-2-1-3-6-9/h;1-6H,7H2/q-1;+1. The molecule has 0 fully saturated rings. The van der Waals surface area contributed by atoms with Gasteiger partial charge in [-0.3, -0.25) is 20.2 Å². The molecule has 5 aromatic rings. The molecule has 318 valence electrons. The molecular weight excluding hydrogens is 881 g/mol. The Labute approximate surface area is 316 Å². The highest BCUT2D eigenvalue weighted by atomic mass is 19.2. The van der Waals surface area contributed by atoms with Gasteiger partial charge in [-0.2, -0.15) is 0 Å². The summed E-state index contributed by atoms with van der Waals surface area (Å²) in [6, 6.07) is 5.24. The molecule has 0 saturated heterocycles. The van der Waals surface area contributed by atoms with E-state index < -0.39 is 160 Å². The summed E-state index contributed by atoms with van der Waals surface area (Å²) in [7, 11) is 0. The molecule has 1 aromatic heterocycles. The number of halogens is 20. The van der Waals surface area contributed by atoms with Crippen molar-refractivity contribution in [1.82, 2.24) is 0 Å². The number of hydrogen-bond donors (Lipinski definition) is 0. The van der Waals surface area contributed by atoms with Crippen LogP contribution in [0.4, 0.5) is 87.8 Å². The average Bonchev–Trinajstić information content (AvgIpc) is 3.21. The van der Waals surface area contributed by atoms with E-state index in [1.807, 2.05) is 0 Å². The molecule has 0 unspecified atom stereocenters. The van der Waals surface area contributed by atoms with E-state index in [2.05, 4.69) is 0 Å². The molecule has 0 amide bonds. The number of rotatable bonds is 8. The summed E-state index contributed by atoms with van der Waals surface area (Å²) < 4.78 is 296. The third-order valence-corrected chi connectivity index (χ3v) is 8.34. The molecular formula is C32H8BF20N3O4. The van der Waals surface area contributed by atoms with Crippen molar-refractivity contribution < 1.29 is 102 Å². The molecule has 0 saturated carbocycles. The topological polar surface area (TPSA) is 90.2 Å². The monoisotopic (exact) mass is 889 g/mol. The highest BCUT2D eigenvalue weighted by Crippen LogP contribution is 2.30. The third kappa shape index (κ3) is 7.18. The summed E-state index contributed by atoms with van der Waals surface area (Å²) in [6.45, 7) is 0.0954. The molecule has 0 aliphatic rings. The summed E-state index contributed by atoms with van der Waals surface area (Å²) in [5.74, 6) is -72.4. The first-order valence-corrected chi connectivity index (χ1v) is 15.0. The second-order valence-corrected chi connectivity index (χ2v) is 11.4. The number of aromatic nitrogens is 1. The number of benzene rings is 4. The number of hydrogen-bond acceptors (Lipinski definition) is 4. The fourth-order valence-corrected chi connectivity index (χ4v) is 5.83. The average molecular weight is 889 g/mol. The summed E-state index contributed by atoms with van der Waals surface area (Å²) in [5, 5.41) is 20.5. The first kappa shape index (κ1) is 45.9. The van der Waals surface area contributed by atoms with Gasteiger partial charge in [-0.25, -0.2) is 92.4 Å². The van der Waals surface area contributed by atoms with E-state index >= 15 is 35.1 Å². The van der Waals surface area contributed by atoms with E-state index in [1.54, 1.807) is 35.2 Å². The van der Waals surface area contributed by atoms with Crippen molar-refractivity contribution in [2.24, 2.45) is 0 Å². The van der Waals surface area contributed by atoms with E-state index in [4.69, 9.17) is 0 Å². The normalized spacial score (nSPS) is 11.3. The van der Waals surface area contributed by atoms with Crippen LogP contribution in [0, 0.1) is 137 Å². The van der Waals surface area contributed by atoms with Crippen LogP contribution in [-0.2, 0) is 6.54 Å². The lowest BCUT2D eigenvalue weighted by molar-refractivity contribution is -0.690. The minimum atomic E-state index is -7.22. The second kappa shape index (κ2) is 16.8. The molecule has 7 nitrogen and oxygen atoms in total. The maximum Gasteiger partial charge on any atom is 0.560 e. The van der Waals surface area contributed by atoms with Gasteiger partial charge in [0.2, 0.25) is 0 Å². The molecule has 5 rings (SSSR count). The van der Waals surface area contributed by atoms with E-state index in [0.29, 0.717) is 0 Å². The van der Waals surface area contributed by atoms with E-state index in [-0.39, 0.29) is 6.54 Å². The Balaban J connectivity index is 0.000000445. The maximum absolute atomic E-state index is 15.4. The van der Waals surface area contributed by atoms with E-state index in [9.17, 15) is 72.9 Å². The van der Waals surface area contributed by atoms with Crippen LogP contribution >= 0.6 is 0 Å². The lowest BCUT2D eigenvalue weighted by atomic mass is 9.12. The van der Waals surface area contributed by atoms with Crippen LogP contribution in [0.25, 0.3) is 0 Å². The molecule has 0 atom stereocenters. The van der Waals surface area contributed by atoms with Gasteiger partial charge < -0.3 is 0 Å². The van der Waals surface area contributed by atoms with Crippen LogP contribution in [0.1, 0.15) is 0 Å². The van der Waals surface area contributed by atoms with Gasteiger partial charge in [-0.15, -0.1) is 21.9 Å². The fraction of sp³-hybridized carbons (Fsp3) is 0.0312. The Morgan fingerprint density at radius 2 is 0.600 bits per heavy atom. The van der Waals surface area contributed by atoms with Crippen LogP contribution in [0.5, 0.6) is 0 Å². The minimum Gasteiger partial charge on any atom is -0.253 e. The number of allylic oxidation sites excluding steroid dienone is 1. The lowest BCUT2D eigenvalue weighted by Gasteiger charge is -2.44. The Bertz CT molecular complexity index is 2250. The zero-order valence-corrected chi connectivity index (χ0v) is 27.8. The second-order valence-electron chi connectivity index (χ2n) is 11.4. The molecule has 60 heavy (non-hydrogen) atoms. The highest BCUT2D eigenvalue weighted by molar-refractivity contribution is 7.20. The van der Waals surface area contributed by atoms with Crippen LogP contribution in [0.3, 0.4) is 0 Å². The molecule has 0 aliphatic carbocycles. The van der Waals surface area contributed by atoms with E-state index in [0.717, 1.165) is 6.08 Å². The molecule has 28 heteroatoms. The van der Waals surface area contributed by atoms with Gasteiger partial charge in [0.05, 0.1) is 0 Å². The molecule has 1 heterocycles. The van der Waals surface area contributed by atoms with Crippen molar-refractivity contribution in [3.63, 3.8) is 0 Å². The predicted octanol–water partition coefficient (Wildman–Crippen LogP) is 6.21. The Hall–Kier alpha value is -6.77. The van der Waals surface area contributed by atoms with Crippen molar-refractivity contribution in [3.8, 4) is 0 Å². The van der Waals surface area contributed by atoms with Gasteiger partial charge in [-0.1, -0.05) is 6.07 Å². The van der Waals surface area contributed by atoms with Crippen molar-refractivity contribution in [2.45, 2.75) is 6.54 Å². The quantitative estimate of drug-likeness (QED) is 0.0353. The van der Waals surface area contributed by atoms with Crippen molar-refractivity contribution in [3.05, 3.63) is 179 Å². The van der Waals surface area contributed by atoms with Crippen molar-refractivity contribution in [1.29, 1.82) is 0 Å². The molecule has 0 bridgehead atoms. The molecule has 0 aliphatic heterocycles. The largest absolute Gasteiger partial charge is 0.560 e. The van der Waals surface area contributed by atoms with Gasteiger partial charge in [0.1, 0.15) is 68.6 Å². The van der Waals surface area contributed by atoms with Gasteiger partial charge in [-0.05, 0) is 0 Å². The lowest BCUT2D eigenvalue weighted by Crippen LogP contribution is -2.81. The van der Waals surface area contributed by atoms with Gasteiger partial charge in [0, 0.05) is 12.1 Å². The molecule has 4 aromatic carbocycles. The Morgan fingerprint density at radius 1 is 0.400 bits per heavy atom. The Morgan fingerprint density at radius 3 is 0.800 bits per heavy atom. The first-order valence-electron chi connectivity index (χ1n) is 15.0. The Kier molecular flexibility index (Phi) is 12.9. The van der Waals surface area contributed by atoms with Gasteiger partial charge >= 0.3 is 5.82 Å². The smallest absolute Gasteiger partial charge is 0.253 e. The minimum absolute atomic E-state index is 0.0954. The van der Waals surface area contributed by atoms with Gasteiger partial charge in [0.15, 0.2) is 88.7 Å². The summed E-state index contributed by atoms with van der Waals surface area (Å²) >= 11 is 0. The predicted molar refractivity (Wildman–Crippen MR) is 158 cm³/mol. The number of nitro groups is 2. The van der Waals surface area contributed by atoms with Crippen molar-refractivity contribution >= 4 is 28.0 Å². The van der Waals surface area contributed by atoms with E-state index in [1.165, 1.54) is 0 Å². The summed E-state index contributed by atoms with van der Waals surface area (Å²) in [6.07, 6.45) is -2.94. The summed E-state index contributed by atoms with van der Waals surface area (Å²) in [5.41, 5.74) is -14.3. The maximum atomic E-state index is 15.4. The number of pyridine rings is 1. The molecule has 0 N–H and O–H groups in total. The zero-order chi connectivity index (χ0) is 45.6. The van der Waals surface area contributed by atoms with Crippen LogP contribution in [0.15, 0.2) is 42.5 Å². The van der Waals surface area contributed by atoms with Crippen molar-refractivity contribution in [2.75, 3.05) is 0 Å². The van der Waals surface area contributed by atoms with Crippen LogP contribution in [0.2, 0.25) is 0 Å². The highest BCUT2D eigenvalue weighted by Gasteiger charge is 2.52. The number of nitrogens with zero attached hydrogens (tertiary/aromatic N) is 3. The van der Waals surface area contributed by atoms with Gasteiger partial charge in [0.25, 0.3) is 0 Å². The van der Waals surface area contributed by atoms with Crippen LogP contribution in [-0.4, -0.2) is 16.0 Å². The fourth-order valence-electron chi connectivity index (χ4n) is 5.83. The third-order valence-electron chi connectivity index (χ3n) is 8.34. The first-order chi connectivity index (χ1) is 27.8.